The second-order valence-corrected chi connectivity index (χ2v) is 3.44. The van der Waals surface area contributed by atoms with Gasteiger partial charge in [-0.25, -0.2) is 9.78 Å². The Morgan fingerprint density at radius 1 is 0.846 bits per heavy atom. The van der Waals surface area contributed by atoms with Crippen LogP contribution >= 0.6 is 0 Å². The molecule has 6 atom stereocenters. The molecule has 1 aliphatic carbocycles. The lowest BCUT2D eigenvalue weighted by Gasteiger charge is -2.49. The Kier molecular flexibility index (Phi) is 2.26. The maximum atomic E-state index is 9.42. The molecule has 0 radical (unpaired) electrons. The first-order valence-corrected chi connectivity index (χ1v) is 4.14. The molecule has 13 heavy (non-hydrogen) atoms. The average Bonchev–Trinajstić information content (AvgIpc) is 2.07. The third kappa shape index (κ3) is 1.18. The minimum absolute atomic E-state index is 0.310. The molecule has 6 nitrogen and oxygen atoms in total. The summed E-state index contributed by atoms with van der Waals surface area (Å²) in [4.78, 5) is 9.20. The standard InChI is InChI=1S/C7H12O6/c8-1-2-3(9)4(10)5(11)7-6(2)12-13-7/h2-11H,1H2/t2?,3?,4-,5?,6+,7?/m0/s1. The Hall–Kier alpha value is -0.240. The van der Waals surface area contributed by atoms with Crippen molar-refractivity contribution in [2.45, 2.75) is 30.5 Å². The highest BCUT2D eigenvalue weighted by molar-refractivity contribution is 5.01. The highest BCUT2D eigenvalue weighted by Gasteiger charge is 2.56. The Morgan fingerprint density at radius 3 is 1.92 bits per heavy atom. The molecule has 6 heteroatoms. The van der Waals surface area contributed by atoms with Gasteiger partial charge < -0.3 is 20.4 Å². The van der Waals surface area contributed by atoms with E-state index in [1.54, 1.807) is 0 Å². The van der Waals surface area contributed by atoms with Gasteiger partial charge in [0, 0.05) is 5.92 Å². The van der Waals surface area contributed by atoms with E-state index in [0.29, 0.717) is 0 Å². The quantitative estimate of drug-likeness (QED) is 0.340. The summed E-state index contributed by atoms with van der Waals surface area (Å²) in [6, 6.07) is 0. The molecule has 0 aromatic heterocycles. The lowest BCUT2D eigenvalue weighted by molar-refractivity contribution is -0.505. The molecule has 1 heterocycles. The zero-order valence-corrected chi connectivity index (χ0v) is 6.78. The summed E-state index contributed by atoms with van der Waals surface area (Å²) in [5.41, 5.74) is 0. The van der Waals surface area contributed by atoms with Gasteiger partial charge in [-0.3, -0.25) is 0 Å². The SMILES string of the molecule is OCC1C(O)[C@H](O)C(O)C2OO[C@H]12. The number of fused-ring (bicyclic) bond motifs is 1. The topological polar surface area (TPSA) is 99.4 Å². The summed E-state index contributed by atoms with van der Waals surface area (Å²) in [7, 11) is 0. The fourth-order valence-electron chi connectivity index (χ4n) is 1.81. The van der Waals surface area contributed by atoms with E-state index in [0.717, 1.165) is 0 Å². The van der Waals surface area contributed by atoms with Crippen LogP contribution < -0.4 is 0 Å². The van der Waals surface area contributed by atoms with Crippen molar-refractivity contribution < 1.29 is 30.2 Å². The molecule has 0 aromatic carbocycles. The van der Waals surface area contributed by atoms with Crippen LogP contribution in [-0.4, -0.2) is 57.6 Å². The summed E-state index contributed by atoms with van der Waals surface area (Å²) < 4.78 is 0. The van der Waals surface area contributed by atoms with Gasteiger partial charge in [0.2, 0.25) is 0 Å². The molecule has 0 spiro atoms. The van der Waals surface area contributed by atoms with Crippen LogP contribution in [0.2, 0.25) is 0 Å². The fraction of sp³-hybridized carbons (Fsp3) is 1.00. The van der Waals surface area contributed by atoms with Crippen LogP contribution in [0.5, 0.6) is 0 Å². The minimum Gasteiger partial charge on any atom is -0.396 e. The number of rotatable bonds is 1. The molecule has 1 aliphatic heterocycles. The van der Waals surface area contributed by atoms with E-state index in [2.05, 4.69) is 9.78 Å². The lowest BCUT2D eigenvalue weighted by Crippen LogP contribution is -2.68. The van der Waals surface area contributed by atoms with Crippen molar-refractivity contribution >= 4 is 0 Å². The monoisotopic (exact) mass is 192 g/mol. The number of aliphatic hydroxyl groups excluding tert-OH is 4. The van der Waals surface area contributed by atoms with Crippen LogP contribution in [0.15, 0.2) is 0 Å². The molecular weight excluding hydrogens is 180 g/mol. The van der Waals surface area contributed by atoms with Crippen molar-refractivity contribution in [1.82, 2.24) is 0 Å². The Morgan fingerprint density at radius 2 is 1.46 bits per heavy atom. The summed E-state index contributed by atoms with van der Waals surface area (Å²) in [6.07, 6.45) is -4.79. The van der Waals surface area contributed by atoms with Crippen LogP contribution in [-0.2, 0) is 9.78 Å². The maximum Gasteiger partial charge on any atom is 0.151 e. The van der Waals surface area contributed by atoms with Crippen molar-refractivity contribution in [3.63, 3.8) is 0 Å². The number of hydrogen-bond donors (Lipinski definition) is 4. The predicted octanol–water partition coefficient (Wildman–Crippen LogP) is -2.61. The van der Waals surface area contributed by atoms with E-state index in [1.807, 2.05) is 0 Å². The van der Waals surface area contributed by atoms with E-state index >= 15 is 0 Å². The van der Waals surface area contributed by atoms with Crippen molar-refractivity contribution in [2.75, 3.05) is 6.61 Å². The summed E-state index contributed by atoms with van der Waals surface area (Å²) in [5, 5.41) is 37.0. The molecule has 4 N–H and O–H groups in total. The van der Waals surface area contributed by atoms with Crippen LogP contribution in [0.1, 0.15) is 0 Å². The smallest absolute Gasteiger partial charge is 0.151 e. The largest absolute Gasteiger partial charge is 0.396 e. The van der Waals surface area contributed by atoms with Gasteiger partial charge in [-0.15, -0.1) is 0 Å². The minimum atomic E-state index is -1.29. The first-order chi connectivity index (χ1) is 6.16. The van der Waals surface area contributed by atoms with E-state index in [1.165, 1.54) is 0 Å². The molecule has 1 saturated carbocycles. The lowest BCUT2D eigenvalue weighted by atomic mass is 9.78. The van der Waals surface area contributed by atoms with Gasteiger partial charge >= 0.3 is 0 Å². The van der Waals surface area contributed by atoms with E-state index in [9.17, 15) is 15.3 Å². The number of hydrogen-bond acceptors (Lipinski definition) is 6. The molecule has 2 rings (SSSR count). The Bertz CT molecular complexity index is 189. The van der Waals surface area contributed by atoms with Crippen molar-refractivity contribution in [3.8, 4) is 0 Å². The van der Waals surface area contributed by atoms with Gasteiger partial charge in [-0.05, 0) is 0 Å². The molecule has 2 aliphatic rings. The first kappa shape index (κ1) is 9.32. The fourth-order valence-corrected chi connectivity index (χ4v) is 1.81. The molecule has 0 bridgehead atoms. The van der Waals surface area contributed by atoms with Crippen molar-refractivity contribution in [1.29, 1.82) is 0 Å². The molecule has 1 saturated heterocycles. The van der Waals surface area contributed by atoms with Gasteiger partial charge in [0.25, 0.3) is 0 Å². The van der Waals surface area contributed by atoms with E-state index in [4.69, 9.17) is 5.11 Å². The highest BCUT2D eigenvalue weighted by atomic mass is 17.2. The molecule has 4 unspecified atom stereocenters. The second kappa shape index (κ2) is 3.16. The van der Waals surface area contributed by atoms with Gasteiger partial charge in [0.05, 0.1) is 12.7 Å². The van der Waals surface area contributed by atoms with Gasteiger partial charge in [-0.1, -0.05) is 0 Å². The zero-order chi connectivity index (χ0) is 9.59. The van der Waals surface area contributed by atoms with Crippen LogP contribution in [0, 0.1) is 5.92 Å². The van der Waals surface area contributed by atoms with Crippen molar-refractivity contribution in [2.24, 2.45) is 5.92 Å². The summed E-state index contributed by atoms with van der Waals surface area (Å²) in [5.74, 6) is -0.600. The average molecular weight is 192 g/mol. The van der Waals surface area contributed by atoms with Gasteiger partial charge in [0.1, 0.15) is 18.3 Å². The van der Waals surface area contributed by atoms with Gasteiger partial charge in [0.15, 0.2) is 6.10 Å². The second-order valence-electron chi connectivity index (χ2n) is 3.44. The molecule has 76 valence electrons. The van der Waals surface area contributed by atoms with Crippen LogP contribution in [0.3, 0.4) is 0 Å². The highest BCUT2D eigenvalue weighted by Crippen LogP contribution is 2.36. The van der Waals surface area contributed by atoms with E-state index < -0.39 is 36.4 Å². The zero-order valence-electron chi connectivity index (χ0n) is 6.78. The Labute approximate surface area is 74.3 Å². The van der Waals surface area contributed by atoms with Crippen LogP contribution in [0.4, 0.5) is 0 Å². The normalized spacial score (nSPS) is 55.4. The summed E-state index contributed by atoms with van der Waals surface area (Å²) in [6.45, 7) is -0.310. The first-order valence-electron chi connectivity index (χ1n) is 4.14. The summed E-state index contributed by atoms with van der Waals surface area (Å²) >= 11 is 0. The molecular formula is C7H12O6. The van der Waals surface area contributed by atoms with Crippen LogP contribution in [0.25, 0.3) is 0 Å². The third-order valence-corrected chi connectivity index (χ3v) is 2.71. The van der Waals surface area contributed by atoms with E-state index in [-0.39, 0.29) is 6.61 Å². The predicted molar refractivity (Wildman–Crippen MR) is 38.3 cm³/mol. The third-order valence-electron chi connectivity index (χ3n) is 2.71. The number of aliphatic hydroxyl groups is 4. The molecule has 0 aromatic rings. The van der Waals surface area contributed by atoms with Gasteiger partial charge in [-0.2, -0.15) is 0 Å². The molecule has 0 amide bonds. The van der Waals surface area contributed by atoms with Crippen molar-refractivity contribution in [3.05, 3.63) is 0 Å². The maximum absolute atomic E-state index is 9.42. The molecule has 2 fully saturated rings. The Balaban J connectivity index is 2.14.